The Labute approximate surface area is 175 Å². The molecule has 1 saturated heterocycles. The number of hydrogen-bond acceptors (Lipinski definition) is 4. The van der Waals surface area contributed by atoms with Crippen LogP contribution in [0.3, 0.4) is 0 Å². The van der Waals surface area contributed by atoms with Crippen molar-refractivity contribution in [2.45, 2.75) is 6.61 Å². The number of rotatable bonds is 6. The van der Waals surface area contributed by atoms with Gasteiger partial charge in [0.1, 0.15) is 17.3 Å². The Morgan fingerprint density at radius 2 is 1.70 bits per heavy atom. The molecule has 1 fully saturated rings. The number of ether oxygens (including phenoxy) is 2. The molecule has 0 unspecified atom stereocenters. The molecule has 0 radical (unpaired) electrons. The SMILES string of the molecule is O=C(COc1ccc(F)c(Cl)c1)N1CCN(C(=O)c2ccccc2OC(F)F)CC1. The van der Waals surface area contributed by atoms with Crippen molar-refractivity contribution in [3.8, 4) is 11.5 Å². The van der Waals surface area contributed by atoms with Crippen molar-refractivity contribution >= 4 is 23.4 Å². The second-order valence-corrected chi connectivity index (χ2v) is 6.82. The molecule has 0 aliphatic carbocycles. The Kier molecular flexibility index (Phi) is 7.04. The maximum absolute atomic E-state index is 13.2. The van der Waals surface area contributed by atoms with E-state index >= 15 is 0 Å². The predicted molar refractivity (Wildman–Crippen MR) is 102 cm³/mol. The fourth-order valence-corrected chi connectivity index (χ4v) is 3.14. The topological polar surface area (TPSA) is 59.1 Å². The predicted octanol–water partition coefficient (Wildman–Crippen LogP) is 3.44. The molecule has 1 aliphatic rings. The van der Waals surface area contributed by atoms with E-state index in [2.05, 4.69) is 4.74 Å². The summed E-state index contributed by atoms with van der Waals surface area (Å²) in [4.78, 5) is 28.0. The zero-order valence-electron chi connectivity index (χ0n) is 15.7. The van der Waals surface area contributed by atoms with Gasteiger partial charge in [-0.05, 0) is 24.3 Å². The number of alkyl halides is 2. The number of nitrogens with zero attached hydrogens (tertiary/aromatic N) is 2. The van der Waals surface area contributed by atoms with Crippen LogP contribution in [0.2, 0.25) is 5.02 Å². The smallest absolute Gasteiger partial charge is 0.387 e. The Bertz CT molecular complexity index is 921. The molecule has 0 bridgehead atoms. The second kappa shape index (κ2) is 9.71. The number of para-hydroxylation sites is 1. The quantitative estimate of drug-likeness (QED) is 0.687. The molecule has 6 nitrogen and oxygen atoms in total. The van der Waals surface area contributed by atoms with Crippen LogP contribution in [-0.2, 0) is 4.79 Å². The lowest BCUT2D eigenvalue weighted by Gasteiger charge is -2.35. The molecule has 2 amide bonds. The van der Waals surface area contributed by atoms with Gasteiger partial charge in [0.05, 0.1) is 10.6 Å². The van der Waals surface area contributed by atoms with Crippen molar-refractivity contribution in [1.82, 2.24) is 9.80 Å². The molecule has 10 heteroatoms. The highest BCUT2D eigenvalue weighted by atomic mass is 35.5. The monoisotopic (exact) mass is 442 g/mol. The highest BCUT2D eigenvalue weighted by Crippen LogP contribution is 2.23. The molecule has 1 aliphatic heterocycles. The molecule has 1 heterocycles. The third kappa shape index (κ3) is 5.35. The summed E-state index contributed by atoms with van der Waals surface area (Å²) in [6, 6.07) is 9.56. The van der Waals surface area contributed by atoms with Crippen molar-refractivity contribution in [1.29, 1.82) is 0 Å². The van der Waals surface area contributed by atoms with Crippen molar-refractivity contribution < 1.29 is 32.2 Å². The van der Waals surface area contributed by atoms with Gasteiger partial charge in [-0.1, -0.05) is 23.7 Å². The summed E-state index contributed by atoms with van der Waals surface area (Å²) in [5.41, 5.74) is 0.0362. The zero-order valence-corrected chi connectivity index (χ0v) is 16.4. The van der Waals surface area contributed by atoms with Gasteiger partial charge >= 0.3 is 6.61 Å². The standard InChI is InChI=1S/C20H18ClF3N2O4/c21-15-11-13(5-6-16(15)22)29-12-18(27)25-7-9-26(10-8-25)19(28)14-3-1-2-4-17(14)30-20(23)24/h1-6,11,20H,7-10,12H2. The van der Waals surface area contributed by atoms with Gasteiger partial charge in [-0.3, -0.25) is 9.59 Å². The lowest BCUT2D eigenvalue weighted by Crippen LogP contribution is -2.51. The fourth-order valence-electron chi connectivity index (χ4n) is 2.97. The van der Waals surface area contributed by atoms with E-state index in [0.717, 1.165) is 6.07 Å². The van der Waals surface area contributed by atoms with E-state index < -0.39 is 18.3 Å². The van der Waals surface area contributed by atoms with Crippen LogP contribution < -0.4 is 9.47 Å². The minimum Gasteiger partial charge on any atom is -0.484 e. The average molecular weight is 443 g/mol. The van der Waals surface area contributed by atoms with E-state index in [4.69, 9.17) is 16.3 Å². The number of carbonyl (C=O) groups is 2. The van der Waals surface area contributed by atoms with Crippen LogP contribution in [0.5, 0.6) is 11.5 Å². The van der Waals surface area contributed by atoms with E-state index in [9.17, 15) is 22.8 Å². The van der Waals surface area contributed by atoms with E-state index in [1.54, 1.807) is 6.07 Å². The van der Waals surface area contributed by atoms with Gasteiger partial charge in [0.15, 0.2) is 6.61 Å². The number of hydrogen-bond donors (Lipinski definition) is 0. The van der Waals surface area contributed by atoms with Gasteiger partial charge in [0.2, 0.25) is 0 Å². The first kappa shape index (κ1) is 21.8. The summed E-state index contributed by atoms with van der Waals surface area (Å²) < 4.78 is 48.0. The first-order valence-corrected chi connectivity index (χ1v) is 9.41. The van der Waals surface area contributed by atoms with Gasteiger partial charge in [-0.25, -0.2) is 4.39 Å². The Hall–Kier alpha value is -2.94. The minimum atomic E-state index is -3.04. The van der Waals surface area contributed by atoms with Crippen molar-refractivity contribution in [3.63, 3.8) is 0 Å². The highest BCUT2D eigenvalue weighted by Gasteiger charge is 2.27. The fraction of sp³-hybridized carbons (Fsp3) is 0.300. The summed E-state index contributed by atoms with van der Waals surface area (Å²) in [5, 5.41) is -0.108. The maximum Gasteiger partial charge on any atom is 0.387 e. The summed E-state index contributed by atoms with van der Waals surface area (Å²) in [6.45, 7) is -2.32. The van der Waals surface area contributed by atoms with E-state index in [0.29, 0.717) is 0 Å². The first-order valence-electron chi connectivity index (χ1n) is 9.04. The van der Waals surface area contributed by atoms with Gasteiger partial charge in [-0.15, -0.1) is 0 Å². The Morgan fingerprint density at radius 3 is 2.37 bits per heavy atom. The molecule has 160 valence electrons. The third-order valence-electron chi connectivity index (χ3n) is 4.51. The van der Waals surface area contributed by atoms with Crippen LogP contribution in [-0.4, -0.2) is 61.0 Å². The summed E-state index contributed by atoms with van der Waals surface area (Å²) in [5.74, 6) is -1.27. The molecule has 0 N–H and O–H groups in total. The van der Waals surface area contributed by atoms with E-state index in [1.807, 2.05) is 0 Å². The molecule has 2 aromatic carbocycles. The molecular weight excluding hydrogens is 425 g/mol. The van der Waals surface area contributed by atoms with Gasteiger partial charge in [0, 0.05) is 32.2 Å². The van der Waals surface area contributed by atoms with Crippen LogP contribution in [0.15, 0.2) is 42.5 Å². The largest absolute Gasteiger partial charge is 0.484 e. The number of benzene rings is 2. The molecular formula is C20H18ClF3N2O4. The van der Waals surface area contributed by atoms with E-state index in [1.165, 1.54) is 40.1 Å². The number of halogens is 4. The molecule has 0 atom stereocenters. The molecule has 0 spiro atoms. The highest BCUT2D eigenvalue weighted by molar-refractivity contribution is 6.30. The van der Waals surface area contributed by atoms with Crippen LogP contribution in [0.1, 0.15) is 10.4 Å². The molecule has 3 rings (SSSR count). The lowest BCUT2D eigenvalue weighted by atomic mass is 10.1. The Morgan fingerprint density at radius 1 is 1.03 bits per heavy atom. The van der Waals surface area contributed by atoms with Gasteiger partial charge < -0.3 is 19.3 Å². The van der Waals surface area contributed by atoms with Crippen LogP contribution in [0.25, 0.3) is 0 Å². The molecule has 2 aromatic rings. The van der Waals surface area contributed by atoms with Gasteiger partial charge in [0.25, 0.3) is 11.8 Å². The van der Waals surface area contributed by atoms with Crippen molar-refractivity contribution in [2.75, 3.05) is 32.8 Å². The molecule has 30 heavy (non-hydrogen) atoms. The normalized spacial score (nSPS) is 14.0. The lowest BCUT2D eigenvalue weighted by molar-refractivity contribution is -0.134. The molecule has 0 aromatic heterocycles. The summed E-state index contributed by atoms with van der Waals surface area (Å²) in [6.07, 6.45) is 0. The maximum atomic E-state index is 13.2. The number of amides is 2. The van der Waals surface area contributed by atoms with Gasteiger partial charge in [-0.2, -0.15) is 8.78 Å². The number of carbonyl (C=O) groups excluding carboxylic acids is 2. The van der Waals surface area contributed by atoms with Crippen molar-refractivity contribution in [3.05, 3.63) is 58.9 Å². The van der Waals surface area contributed by atoms with Crippen LogP contribution in [0, 0.1) is 5.82 Å². The van der Waals surface area contributed by atoms with Crippen molar-refractivity contribution in [2.24, 2.45) is 0 Å². The zero-order chi connectivity index (χ0) is 21.7. The summed E-state index contributed by atoms with van der Waals surface area (Å²) >= 11 is 5.67. The van der Waals surface area contributed by atoms with Crippen LogP contribution in [0.4, 0.5) is 13.2 Å². The first-order chi connectivity index (χ1) is 14.3. The van der Waals surface area contributed by atoms with Crippen LogP contribution >= 0.6 is 11.6 Å². The summed E-state index contributed by atoms with van der Waals surface area (Å²) in [7, 11) is 0. The number of piperazine rings is 1. The second-order valence-electron chi connectivity index (χ2n) is 6.41. The minimum absolute atomic E-state index is 0.0362. The average Bonchev–Trinajstić information content (AvgIpc) is 2.74. The third-order valence-corrected chi connectivity index (χ3v) is 4.80. The Balaban J connectivity index is 1.53. The van der Waals surface area contributed by atoms with E-state index in [-0.39, 0.29) is 60.8 Å². The molecule has 0 saturated carbocycles.